The summed E-state index contributed by atoms with van der Waals surface area (Å²) in [6.45, 7) is 11.2. The van der Waals surface area contributed by atoms with Crippen LogP contribution in [0, 0.1) is 0 Å². The quantitative estimate of drug-likeness (QED) is 0.121. The van der Waals surface area contributed by atoms with Crippen LogP contribution in [0.2, 0.25) is 5.15 Å². The molecule has 4 rings (SSSR count). The van der Waals surface area contributed by atoms with Crippen LogP contribution in [-0.2, 0) is 19.1 Å². The molecule has 1 saturated heterocycles. The van der Waals surface area contributed by atoms with E-state index in [0.29, 0.717) is 32.7 Å². The number of aromatic nitrogens is 1. The van der Waals surface area contributed by atoms with E-state index in [9.17, 15) is 13.2 Å². The first-order valence-corrected chi connectivity index (χ1v) is 14.8. The first-order chi connectivity index (χ1) is 19.7. The molecule has 220 valence electrons. The Kier molecular flexibility index (Phi) is 11.0. The first kappa shape index (κ1) is 31.2. The number of nitrogens with zero attached hydrogens (tertiary/aromatic N) is 3. The van der Waals surface area contributed by atoms with Crippen LogP contribution >= 0.6 is 23.5 Å². The number of pyridine rings is 1. The summed E-state index contributed by atoms with van der Waals surface area (Å²) in [6.07, 6.45) is -2.65. The molecule has 3 aromatic rings. The van der Waals surface area contributed by atoms with Gasteiger partial charge in [0.2, 0.25) is 0 Å². The van der Waals surface area contributed by atoms with E-state index in [1.54, 1.807) is 11.9 Å². The minimum atomic E-state index is -4.46. The van der Waals surface area contributed by atoms with Gasteiger partial charge in [-0.05, 0) is 91.0 Å². The van der Waals surface area contributed by atoms with Gasteiger partial charge in [-0.25, -0.2) is 9.29 Å². The summed E-state index contributed by atoms with van der Waals surface area (Å²) in [5, 5.41) is 6.70. The fourth-order valence-electron chi connectivity index (χ4n) is 4.55. The molecule has 0 spiro atoms. The highest BCUT2D eigenvalue weighted by Gasteiger charge is 2.32. The molecular formula is C30H36ClF3N6S. The number of rotatable bonds is 12. The highest BCUT2D eigenvalue weighted by Crippen LogP contribution is 2.34. The Labute approximate surface area is 249 Å². The lowest BCUT2D eigenvalue weighted by atomic mass is 10.1. The largest absolute Gasteiger partial charge is 0.416 e. The topological polar surface area (TPSA) is 69.5 Å². The summed E-state index contributed by atoms with van der Waals surface area (Å²) in [7, 11) is 0. The summed E-state index contributed by atoms with van der Waals surface area (Å²) in [4.78, 5) is 7.14. The Morgan fingerprint density at radius 2 is 1.88 bits per heavy atom. The van der Waals surface area contributed by atoms with Gasteiger partial charge in [0, 0.05) is 49.0 Å². The van der Waals surface area contributed by atoms with E-state index in [1.807, 2.05) is 17.0 Å². The van der Waals surface area contributed by atoms with Crippen LogP contribution in [0.1, 0.15) is 35.6 Å². The fourth-order valence-corrected chi connectivity index (χ4v) is 5.83. The molecule has 6 nitrogen and oxygen atoms in total. The van der Waals surface area contributed by atoms with Gasteiger partial charge in [-0.15, -0.1) is 0 Å². The van der Waals surface area contributed by atoms with Crippen molar-refractivity contribution in [1.29, 1.82) is 0 Å². The number of nitrogens with one attached hydrogen (secondary N) is 2. The smallest absolute Gasteiger partial charge is 0.356 e. The molecule has 4 N–H and O–H groups in total. The van der Waals surface area contributed by atoms with Gasteiger partial charge < -0.3 is 21.3 Å². The van der Waals surface area contributed by atoms with Crippen molar-refractivity contribution in [3.05, 3.63) is 88.6 Å². The lowest BCUT2D eigenvalue weighted by Gasteiger charge is -2.35. The highest BCUT2D eigenvalue weighted by atomic mass is 35.5. The van der Waals surface area contributed by atoms with Crippen LogP contribution in [0.25, 0.3) is 5.70 Å². The highest BCUT2D eigenvalue weighted by molar-refractivity contribution is 7.97. The van der Waals surface area contributed by atoms with Gasteiger partial charge in [-0.2, -0.15) is 13.2 Å². The molecule has 1 fully saturated rings. The summed E-state index contributed by atoms with van der Waals surface area (Å²) < 4.78 is 41.9. The first-order valence-electron chi connectivity index (χ1n) is 13.7. The number of hydrogen-bond acceptors (Lipinski definition) is 7. The number of benzene rings is 2. The number of halogens is 4. The number of anilines is 2. The zero-order valence-electron chi connectivity index (χ0n) is 23.1. The van der Waals surface area contributed by atoms with Gasteiger partial charge in [0.25, 0.3) is 0 Å². The fraction of sp³-hybridized carbons (Fsp3) is 0.367. The predicted octanol–water partition coefficient (Wildman–Crippen LogP) is 6.67. The van der Waals surface area contributed by atoms with Crippen molar-refractivity contribution in [2.75, 3.05) is 49.5 Å². The Balaban J connectivity index is 1.34. The average Bonchev–Trinajstić information content (AvgIpc) is 2.96. The van der Waals surface area contributed by atoms with Crippen molar-refractivity contribution >= 4 is 40.8 Å². The molecule has 0 saturated carbocycles. The zero-order chi connectivity index (χ0) is 29.4. The molecule has 0 aliphatic carbocycles. The normalized spacial score (nSPS) is 14.3. The van der Waals surface area contributed by atoms with E-state index in [0.717, 1.165) is 59.9 Å². The lowest BCUT2D eigenvalue weighted by molar-refractivity contribution is -0.137. The molecule has 1 aromatic heterocycles. The van der Waals surface area contributed by atoms with Gasteiger partial charge in [-0.1, -0.05) is 43.3 Å². The van der Waals surface area contributed by atoms with E-state index < -0.39 is 11.7 Å². The maximum absolute atomic E-state index is 13.2. The van der Waals surface area contributed by atoms with Crippen LogP contribution in [-0.4, -0.2) is 48.6 Å². The molecule has 0 atom stereocenters. The van der Waals surface area contributed by atoms with Crippen molar-refractivity contribution in [3.8, 4) is 0 Å². The third-order valence-corrected chi connectivity index (χ3v) is 8.21. The maximum atomic E-state index is 13.2. The lowest BCUT2D eigenvalue weighted by Crippen LogP contribution is -2.43. The second kappa shape index (κ2) is 14.4. The molecule has 11 heteroatoms. The molecule has 2 aromatic carbocycles. The third-order valence-electron chi connectivity index (χ3n) is 6.80. The Hall–Kier alpha value is -2.76. The summed E-state index contributed by atoms with van der Waals surface area (Å²) in [5.74, 6) is 0.257. The Morgan fingerprint density at radius 3 is 2.59 bits per heavy atom. The summed E-state index contributed by atoms with van der Waals surface area (Å²) in [6, 6.07) is 16.6. The van der Waals surface area contributed by atoms with Gasteiger partial charge in [0.15, 0.2) is 0 Å². The van der Waals surface area contributed by atoms with E-state index in [4.69, 9.17) is 17.3 Å². The number of aryl methyl sites for hydroxylation is 1. The monoisotopic (exact) mass is 604 g/mol. The van der Waals surface area contributed by atoms with Crippen molar-refractivity contribution in [2.24, 2.45) is 5.73 Å². The zero-order valence-corrected chi connectivity index (χ0v) is 24.7. The van der Waals surface area contributed by atoms with E-state index in [-0.39, 0.29) is 11.0 Å². The molecular weight excluding hydrogens is 569 g/mol. The molecule has 1 aliphatic heterocycles. The van der Waals surface area contributed by atoms with Gasteiger partial charge in [0.1, 0.15) is 11.0 Å². The van der Waals surface area contributed by atoms with E-state index in [2.05, 4.69) is 63.8 Å². The third kappa shape index (κ3) is 8.86. The van der Waals surface area contributed by atoms with Crippen molar-refractivity contribution in [3.63, 3.8) is 0 Å². The Morgan fingerprint density at radius 1 is 1.10 bits per heavy atom. The summed E-state index contributed by atoms with van der Waals surface area (Å²) >= 11 is 7.57. The van der Waals surface area contributed by atoms with Crippen molar-refractivity contribution < 1.29 is 13.2 Å². The van der Waals surface area contributed by atoms with Gasteiger partial charge in [0.05, 0.1) is 5.56 Å². The van der Waals surface area contributed by atoms with Gasteiger partial charge in [-0.3, -0.25) is 0 Å². The SMILES string of the molecule is C=C(Nc1ccc(SN2CCN(c3cc(C(F)(F)F)cc(Cl)n3)CC2)c(CC)c1)c1cccc(CNCCCN)c1. The van der Waals surface area contributed by atoms with Crippen LogP contribution < -0.4 is 21.3 Å². The molecule has 0 amide bonds. The number of piperazine rings is 1. The number of hydrogen-bond donors (Lipinski definition) is 3. The van der Waals surface area contributed by atoms with Crippen LogP contribution in [0.15, 0.2) is 66.1 Å². The Bertz CT molecular complexity index is 1330. The van der Waals surface area contributed by atoms with Crippen LogP contribution in [0.4, 0.5) is 24.7 Å². The minimum Gasteiger partial charge on any atom is -0.356 e. The molecule has 0 bridgehead atoms. The predicted molar refractivity (Wildman–Crippen MR) is 164 cm³/mol. The van der Waals surface area contributed by atoms with Gasteiger partial charge >= 0.3 is 6.18 Å². The van der Waals surface area contributed by atoms with E-state index in [1.165, 1.54) is 11.1 Å². The summed E-state index contributed by atoms with van der Waals surface area (Å²) in [5.41, 5.74) is 10.0. The molecule has 0 radical (unpaired) electrons. The second-order valence-corrected chi connectivity index (χ2v) is 11.4. The number of alkyl halides is 3. The van der Waals surface area contributed by atoms with Crippen LogP contribution in [0.3, 0.4) is 0 Å². The van der Waals surface area contributed by atoms with E-state index >= 15 is 0 Å². The standard InChI is InChI=1S/C30H36ClF3N6S/c1-3-23-17-26(37-21(2)24-7-4-6-22(16-24)20-36-11-5-10-35)8-9-27(23)41-40-14-12-39(13-15-40)29-19-25(30(32,33)34)18-28(31)38-29/h4,6-9,16-19,36-37H,2-3,5,10-15,20,35H2,1H3. The average molecular weight is 605 g/mol. The second-order valence-electron chi connectivity index (χ2n) is 9.84. The van der Waals surface area contributed by atoms with Crippen molar-refractivity contribution in [2.45, 2.75) is 37.4 Å². The molecule has 0 unspecified atom stereocenters. The molecule has 1 aliphatic rings. The molecule has 41 heavy (non-hydrogen) atoms. The maximum Gasteiger partial charge on any atom is 0.416 e. The minimum absolute atomic E-state index is 0.154. The number of nitrogens with two attached hydrogens (primary N) is 1. The van der Waals surface area contributed by atoms with Crippen LogP contribution in [0.5, 0.6) is 0 Å². The van der Waals surface area contributed by atoms with Crippen molar-refractivity contribution in [1.82, 2.24) is 14.6 Å². The molecule has 2 heterocycles.